The number of carbonyl (C=O) groups is 10. The van der Waals surface area contributed by atoms with Gasteiger partial charge in [0.05, 0.1) is 0 Å². The molecule has 0 rings (SSSR count). The second-order valence-corrected chi connectivity index (χ2v) is 25.3. The third-order valence-corrected chi connectivity index (χ3v) is 3.32. The molecular formula is C27H58Ag6I3N7NaO27Pt3. The summed E-state index contributed by atoms with van der Waals surface area (Å²) < 4.78 is 0. The van der Waals surface area contributed by atoms with E-state index in [-0.39, 0.29) is 205 Å². The molecule has 0 saturated carbocycles. The number of nitrogens with one attached hydrogen (secondary N) is 6. The van der Waals surface area contributed by atoms with Crippen LogP contribution >= 0.6 is 57.7 Å². The van der Waals surface area contributed by atoms with Crippen molar-refractivity contribution in [2.75, 3.05) is 39.3 Å². The number of unbranched alkanes of at least 4 members (excludes halogenated alkanes) is 3. The number of carboxylic acid groups (broad SMARTS) is 10. The second kappa shape index (κ2) is 147. The topological polar surface area (TPSA) is 704 Å². The Bertz CT molecular complexity index is 942. The number of hydrogen-bond donors (Lipinski definition) is 11. The molecule has 481 valence electrons. The van der Waals surface area contributed by atoms with Crippen LogP contribution in [-0.4, -0.2) is 182 Å². The van der Waals surface area contributed by atoms with Crippen molar-refractivity contribution in [1.29, 1.82) is 0 Å². The maximum atomic E-state index is 9.43. The van der Waals surface area contributed by atoms with Gasteiger partial charge >= 0.3 is 218 Å². The molecule has 74 heavy (non-hydrogen) atoms. The molecule has 0 unspecified atom stereocenters. The van der Waals surface area contributed by atoms with Gasteiger partial charge in [0, 0.05) is 112 Å². The van der Waals surface area contributed by atoms with Gasteiger partial charge in [-0.15, -0.1) is 10.1 Å². The molecule has 0 fully saturated rings. The molecule has 0 heterocycles. The predicted molar refractivity (Wildman–Crippen MR) is 246 cm³/mol. The van der Waals surface area contributed by atoms with Crippen molar-refractivity contribution in [1.82, 2.24) is 0 Å². The standard InChI is InChI=1S/3C4H10N2.5C3H4O4.6Ag.3HI.HNO3.Na.4H2O.3Pt/c3*5-3-1-2-4-6;5*4-2(5)1-3(6)7;;;;;;;;;;2-1(3)4;;;;;;;;/h3*5-6H,1-4H2;5*1H2,(H,4,5)(H,6,7);;;;;;;3*1H;(H,2,3,4);;4*1H2;;;/q3*-2;;;;;;;;;;;+1;;;;;+1;;;;;2*+2;+4/p-4. The Kier molecular flexibility index (Phi) is 302. The molecule has 0 aliphatic carbocycles. The van der Waals surface area contributed by atoms with Crippen molar-refractivity contribution in [2.45, 2.75) is 70.6 Å². The normalized spacial score (nSPS) is 6.69. The van der Waals surface area contributed by atoms with Gasteiger partial charge in [-0.25, -0.2) is 0 Å². The molecule has 0 aromatic carbocycles. The molecule has 0 spiro atoms. The van der Waals surface area contributed by atoms with Crippen LogP contribution in [-0.2, 0) is 230 Å². The fourth-order valence-corrected chi connectivity index (χ4v) is 1.40. The van der Waals surface area contributed by atoms with Gasteiger partial charge in [-0.05, 0) is 0 Å². The summed E-state index contributed by atoms with van der Waals surface area (Å²) in [5, 5.41) is 90.7. The molecule has 0 atom stereocenters. The Morgan fingerprint density at radius 1 is 0.392 bits per heavy atom. The average Bonchev–Trinajstić information content (AvgIpc) is 3.09. The Hall–Kier alpha value is 3.20. The van der Waals surface area contributed by atoms with Gasteiger partial charge in [-0.1, -0.05) is 38.5 Å². The van der Waals surface area contributed by atoms with E-state index in [2.05, 4.69) is 56.0 Å². The molecule has 5 radical (unpaired) electrons. The van der Waals surface area contributed by atoms with Gasteiger partial charge < -0.3 is 113 Å². The summed E-state index contributed by atoms with van der Waals surface area (Å²) in [5.41, 5.74) is 39.7. The number of aliphatic carboxylic acids is 10. The van der Waals surface area contributed by atoms with Crippen LogP contribution in [0.15, 0.2) is 0 Å². The van der Waals surface area contributed by atoms with Crippen molar-refractivity contribution >= 4 is 117 Å². The molecule has 24 N–H and O–H groups in total. The molecule has 0 amide bonds. The van der Waals surface area contributed by atoms with Crippen molar-refractivity contribution in [3.05, 3.63) is 44.5 Å². The Labute approximate surface area is 605 Å². The summed E-state index contributed by atoms with van der Waals surface area (Å²) in [4.78, 5) is 103. The third-order valence-electron chi connectivity index (χ3n) is 3.32. The fraction of sp³-hybridized carbons (Fsp3) is 0.630. The van der Waals surface area contributed by atoms with Crippen LogP contribution in [0.1, 0.15) is 70.6 Å². The second-order valence-electron chi connectivity index (χ2n) is 8.73. The van der Waals surface area contributed by atoms with E-state index < -0.39 is 96.9 Å². The van der Waals surface area contributed by atoms with E-state index in [0.717, 1.165) is 38.5 Å². The number of nitrogens with zero attached hydrogens (tertiary/aromatic N) is 1. The fourth-order valence-electron chi connectivity index (χ4n) is 1.40. The van der Waals surface area contributed by atoms with E-state index in [1.165, 1.54) is 0 Å². The van der Waals surface area contributed by atoms with E-state index in [4.69, 9.17) is 101 Å². The number of hydrogen-bond acceptors (Lipinski definition) is 13. The summed E-state index contributed by atoms with van der Waals surface area (Å²) >= 11 is 10.2. The first kappa shape index (κ1) is 153. The summed E-state index contributed by atoms with van der Waals surface area (Å²) in [6.45, 7) is 2.91. The van der Waals surface area contributed by atoms with E-state index in [9.17, 15) is 47.9 Å². The minimum atomic E-state index is -1.50. The van der Waals surface area contributed by atoms with Crippen molar-refractivity contribution in [3.8, 4) is 0 Å². The van der Waals surface area contributed by atoms with Gasteiger partial charge in [0.2, 0.25) is 0 Å². The van der Waals surface area contributed by atoms with Crippen LogP contribution in [0.25, 0.3) is 34.4 Å². The summed E-state index contributed by atoms with van der Waals surface area (Å²) in [5.74, 6) is -13.1. The molecular weight excluding hydrogens is 2490 g/mol. The van der Waals surface area contributed by atoms with Crippen LogP contribution in [0.4, 0.5) is 0 Å². The molecule has 0 saturated heterocycles. The van der Waals surface area contributed by atoms with Gasteiger partial charge in [-0.3, -0.25) is 47.9 Å². The van der Waals surface area contributed by atoms with Gasteiger partial charge in [0.15, 0.2) is 0 Å². The monoisotopic (exact) mass is 2540 g/mol. The number of carboxylic acids is 10. The SMILES string of the molecule is O.O.O.O=C(O)CC(=O)O.O=C(O)CC(=O)O.O=C(O)CC(=O)O.O=C(O)CC(=O)O.O=C(O)CC(=O)O.O=[N+]([O-])O.[Ag].[Ag].[Ag].[Ag].[Ag].[Ag][I].[I][Pt+2][I].[NH-]CCCC[NH-].[NH-]CCCC[NH-].[NH-]CCCC[NH-].[Na+].[OH-].[Pt+2].[Pt+2]. The zero-order valence-electron chi connectivity index (χ0n) is 37.1. The van der Waals surface area contributed by atoms with E-state index in [1.807, 2.05) is 19.0 Å². The first-order valence-corrected chi connectivity index (χ1v) is 32.6. The Balaban J connectivity index is -0.0000000183. The van der Waals surface area contributed by atoms with Crippen molar-refractivity contribution in [2.24, 2.45) is 0 Å². The van der Waals surface area contributed by atoms with Crippen LogP contribution < -0.4 is 29.6 Å². The Morgan fingerprint density at radius 2 is 0.446 bits per heavy atom. The third kappa shape index (κ3) is 399. The first-order valence-electron chi connectivity index (χ1n) is 15.4. The molecule has 47 heteroatoms. The number of halogens is 3. The molecule has 0 bridgehead atoms. The minimum absolute atomic E-state index is 0. The van der Waals surface area contributed by atoms with Crippen molar-refractivity contribution < 1.29 is 343 Å². The maximum absolute atomic E-state index is 9.43. The van der Waals surface area contributed by atoms with Crippen LogP contribution in [0.2, 0.25) is 0 Å². The average molecular weight is 2550 g/mol. The largest absolute Gasteiger partial charge is 2.00 e. The first-order chi connectivity index (χ1) is 28.5. The summed E-state index contributed by atoms with van der Waals surface area (Å²) in [7, 11) is 0. The van der Waals surface area contributed by atoms with E-state index in [0.29, 0.717) is 50.5 Å². The van der Waals surface area contributed by atoms with Crippen LogP contribution in [0.3, 0.4) is 0 Å². The summed E-state index contributed by atoms with van der Waals surface area (Å²) in [6.07, 6.45) is 1.33. The molecule has 0 aromatic heterocycles. The molecule has 34 nitrogen and oxygen atoms in total. The number of rotatable bonds is 19. The van der Waals surface area contributed by atoms with Crippen molar-refractivity contribution in [3.63, 3.8) is 0 Å². The van der Waals surface area contributed by atoms with E-state index >= 15 is 0 Å². The quantitative estimate of drug-likeness (QED) is 0.0202. The molecule has 0 aliphatic rings. The predicted octanol–water partition coefficient (Wildman–Crippen LogP) is -0.0185. The molecule has 0 aliphatic heterocycles. The van der Waals surface area contributed by atoms with Crippen LogP contribution in [0, 0.1) is 10.1 Å². The van der Waals surface area contributed by atoms with E-state index in [1.54, 1.807) is 0 Å². The van der Waals surface area contributed by atoms with Gasteiger partial charge in [-0.2, -0.15) is 39.3 Å². The van der Waals surface area contributed by atoms with Crippen LogP contribution in [0.5, 0.6) is 0 Å². The molecule has 0 aromatic rings. The Morgan fingerprint density at radius 3 is 0.459 bits per heavy atom. The van der Waals surface area contributed by atoms with Gasteiger partial charge in [0.1, 0.15) is 32.1 Å². The maximum Gasteiger partial charge on any atom is 2.00 e. The zero-order chi connectivity index (χ0) is 52.1. The smallest absolute Gasteiger partial charge is 0.870 e. The van der Waals surface area contributed by atoms with Gasteiger partial charge in [0.25, 0.3) is 5.09 Å². The minimum Gasteiger partial charge on any atom is -0.870 e. The summed E-state index contributed by atoms with van der Waals surface area (Å²) in [6, 6.07) is 0. The zero-order valence-corrected chi connectivity index (χ0v) is 61.3.